The number of aliphatic hydroxyl groups excluding tert-OH is 1. The maximum absolute atomic E-state index is 10.8. The third-order valence-electron chi connectivity index (χ3n) is 1.27. The lowest BCUT2D eigenvalue weighted by atomic mass is 10.2. The van der Waals surface area contributed by atoms with Gasteiger partial charge in [0.1, 0.15) is 0 Å². The second kappa shape index (κ2) is 6.60. The molecule has 0 fully saturated rings. The Kier molecular flexibility index (Phi) is 6.00. The van der Waals surface area contributed by atoms with Gasteiger partial charge in [0, 0.05) is 13.0 Å². The predicted molar refractivity (Wildman–Crippen MR) is 43.1 cm³/mol. The third kappa shape index (κ3) is 7.01. The normalized spacial score (nSPS) is 9.42. The fourth-order valence-electron chi connectivity index (χ4n) is 0.671. The summed E-state index contributed by atoms with van der Waals surface area (Å²) in [6.45, 7) is -0.0267. The standard InChI is InChI=1S/C7H14N2O3/c8-6(11)5-9-7(12)3-1-2-4-10/h10H,1-5H2,(H2,8,11)(H,9,12). The highest BCUT2D eigenvalue weighted by atomic mass is 16.3. The van der Waals surface area contributed by atoms with Crippen molar-refractivity contribution in [2.75, 3.05) is 13.2 Å². The molecule has 2 amide bonds. The summed E-state index contributed by atoms with van der Waals surface area (Å²) in [7, 11) is 0. The van der Waals surface area contributed by atoms with Crippen molar-refractivity contribution >= 4 is 11.8 Å². The van der Waals surface area contributed by atoms with E-state index >= 15 is 0 Å². The van der Waals surface area contributed by atoms with Gasteiger partial charge in [0.2, 0.25) is 11.8 Å². The molecule has 0 aromatic rings. The molecule has 5 heteroatoms. The predicted octanol–water partition coefficient (Wildman–Crippen LogP) is -1.25. The SMILES string of the molecule is NC(=O)CNC(=O)CCCCO. The van der Waals surface area contributed by atoms with E-state index in [-0.39, 0.29) is 19.1 Å². The average molecular weight is 174 g/mol. The van der Waals surface area contributed by atoms with E-state index in [0.29, 0.717) is 19.3 Å². The molecule has 0 aliphatic carbocycles. The van der Waals surface area contributed by atoms with Crippen LogP contribution in [0.5, 0.6) is 0 Å². The summed E-state index contributed by atoms with van der Waals surface area (Å²) < 4.78 is 0. The highest BCUT2D eigenvalue weighted by molar-refractivity contribution is 5.83. The van der Waals surface area contributed by atoms with Crippen LogP contribution in [0, 0.1) is 0 Å². The Balaban J connectivity index is 3.28. The summed E-state index contributed by atoms with van der Waals surface area (Å²) in [5, 5.41) is 10.7. The van der Waals surface area contributed by atoms with Crippen molar-refractivity contribution in [2.45, 2.75) is 19.3 Å². The van der Waals surface area contributed by atoms with E-state index < -0.39 is 5.91 Å². The first kappa shape index (κ1) is 10.9. The Labute approximate surface area is 70.9 Å². The largest absolute Gasteiger partial charge is 0.396 e. The van der Waals surface area contributed by atoms with Crippen LogP contribution in [-0.4, -0.2) is 30.1 Å². The monoisotopic (exact) mass is 174 g/mol. The van der Waals surface area contributed by atoms with Gasteiger partial charge in [-0.05, 0) is 12.8 Å². The molecule has 0 atom stereocenters. The molecule has 0 heterocycles. The number of nitrogens with two attached hydrogens (primary N) is 1. The van der Waals surface area contributed by atoms with E-state index in [1.54, 1.807) is 0 Å². The Morgan fingerprint density at radius 2 is 2.00 bits per heavy atom. The number of rotatable bonds is 6. The van der Waals surface area contributed by atoms with Crippen LogP contribution in [0.3, 0.4) is 0 Å². The number of unbranched alkanes of at least 4 members (excludes halogenated alkanes) is 1. The van der Waals surface area contributed by atoms with Crippen LogP contribution in [-0.2, 0) is 9.59 Å². The summed E-state index contributed by atoms with van der Waals surface area (Å²) in [5.41, 5.74) is 4.80. The lowest BCUT2D eigenvalue weighted by molar-refractivity contribution is -0.124. The molecule has 0 aliphatic heterocycles. The molecular weight excluding hydrogens is 160 g/mol. The maximum Gasteiger partial charge on any atom is 0.236 e. The minimum atomic E-state index is -0.550. The molecule has 0 rings (SSSR count). The van der Waals surface area contributed by atoms with E-state index in [9.17, 15) is 9.59 Å². The quantitative estimate of drug-likeness (QED) is 0.439. The van der Waals surface area contributed by atoms with Crippen molar-refractivity contribution < 1.29 is 14.7 Å². The Morgan fingerprint density at radius 3 is 2.50 bits per heavy atom. The highest BCUT2D eigenvalue weighted by Crippen LogP contribution is 1.92. The van der Waals surface area contributed by atoms with Crippen LogP contribution in [0.25, 0.3) is 0 Å². The van der Waals surface area contributed by atoms with Crippen molar-refractivity contribution in [3.8, 4) is 0 Å². The first-order valence-electron chi connectivity index (χ1n) is 3.82. The second-order valence-corrected chi connectivity index (χ2v) is 2.42. The highest BCUT2D eigenvalue weighted by Gasteiger charge is 2.01. The number of aliphatic hydroxyl groups is 1. The van der Waals surface area contributed by atoms with Crippen LogP contribution >= 0.6 is 0 Å². The Hall–Kier alpha value is -1.10. The van der Waals surface area contributed by atoms with Crippen LogP contribution in [0.1, 0.15) is 19.3 Å². The van der Waals surface area contributed by atoms with Gasteiger partial charge in [-0.15, -0.1) is 0 Å². The second-order valence-electron chi connectivity index (χ2n) is 2.42. The van der Waals surface area contributed by atoms with Gasteiger partial charge in [-0.25, -0.2) is 0 Å². The lowest BCUT2D eigenvalue weighted by Crippen LogP contribution is -2.33. The summed E-state index contributed by atoms with van der Waals surface area (Å²) >= 11 is 0. The number of nitrogens with one attached hydrogen (secondary N) is 1. The smallest absolute Gasteiger partial charge is 0.236 e. The molecule has 0 aromatic carbocycles. The summed E-state index contributed by atoms with van der Waals surface area (Å²) in [5.74, 6) is -0.757. The molecule has 0 aromatic heterocycles. The van der Waals surface area contributed by atoms with Gasteiger partial charge < -0.3 is 16.2 Å². The van der Waals surface area contributed by atoms with Crippen LogP contribution in [0.2, 0.25) is 0 Å². The van der Waals surface area contributed by atoms with E-state index in [4.69, 9.17) is 10.8 Å². The van der Waals surface area contributed by atoms with Crippen LogP contribution in [0.15, 0.2) is 0 Å². The molecule has 0 spiro atoms. The van der Waals surface area contributed by atoms with E-state index in [1.807, 2.05) is 0 Å². The number of hydrogen-bond acceptors (Lipinski definition) is 3. The zero-order chi connectivity index (χ0) is 9.40. The van der Waals surface area contributed by atoms with Gasteiger partial charge in [-0.2, -0.15) is 0 Å². The molecule has 70 valence electrons. The number of primary amides is 1. The lowest BCUT2D eigenvalue weighted by Gasteiger charge is -2.00. The van der Waals surface area contributed by atoms with Crippen molar-refractivity contribution in [2.24, 2.45) is 5.73 Å². The van der Waals surface area contributed by atoms with Gasteiger partial charge in [0.25, 0.3) is 0 Å². The van der Waals surface area contributed by atoms with E-state index in [0.717, 1.165) is 0 Å². The zero-order valence-electron chi connectivity index (χ0n) is 6.88. The third-order valence-corrected chi connectivity index (χ3v) is 1.27. The van der Waals surface area contributed by atoms with Gasteiger partial charge in [-0.1, -0.05) is 0 Å². The molecule has 5 nitrogen and oxygen atoms in total. The minimum absolute atomic E-state index is 0.0864. The summed E-state index contributed by atoms with van der Waals surface area (Å²) in [6, 6.07) is 0. The average Bonchev–Trinajstić information content (AvgIpc) is 2.01. The fraction of sp³-hybridized carbons (Fsp3) is 0.714. The van der Waals surface area contributed by atoms with E-state index in [1.165, 1.54) is 0 Å². The van der Waals surface area contributed by atoms with Crippen LogP contribution < -0.4 is 11.1 Å². The summed E-state index contributed by atoms with van der Waals surface area (Å²) in [6.07, 6.45) is 1.55. The van der Waals surface area contributed by atoms with Gasteiger partial charge >= 0.3 is 0 Å². The van der Waals surface area contributed by atoms with Crippen LogP contribution in [0.4, 0.5) is 0 Å². The maximum atomic E-state index is 10.8. The van der Waals surface area contributed by atoms with Gasteiger partial charge in [0.05, 0.1) is 6.54 Å². The minimum Gasteiger partial charge on any atom is -0.396 e. The molecule has 0 saturated carbocycles. The molecule has 0 radical (unpaired) electrons. The first-order chi connectivity index (χ1) is 5.66. The van der Waals surface area contributed by atoms with E-state index in [2.05, 4.69) is 5.32 Å². The topological polar surface area (TPSA) is 92.4 Å². The Morgan fingerprint density at radius 1 is 1.33 bits per heavy atom. The number of amides is 2. The molecule has 0 unspecified atom stereocenters. The van der Waals surface area contributed by atoms with Gasteiger partial charge in [0.15, 0.2) is 0 Å². The number of carbonyl (C=O) groups excluding carboxylic acids is 2. The van der Waals surface area contributed by atoms with Crippen molar-refractivity contribution in [3.63, 3.8) is 0 Å². The Bertz CT molecular complexity index is 159. The molecule has 0 saturated heterocycles. The number of carbonyl (C=O) groups is 2. The molecular formula is C7H14N2O3. The van der Waals surface area contributed by atoms with Crippen molar-refractivity contribution in [3.05, 3.63) is 0 Å². The molecule has 0 aliphatic rings. The summed E-state index contributed by atoms with van der Waals surface area (Å²) in [4.78, 5) is 21.0. The molecule has 0 bridgehead atoms. The number of hydrogen-bond donors (Lipinski definition) is 3. The van der Waals surface area contributed by atoms with Crippen molar-refractivity contribution in [1.82, 2.24) is 5.32 Å². The molecule has 12 heavy (non-hydrogen) atoms. The van der Waals surface area contributed by atoms with Gasteiger partial charge in [-0.3, -0.25) is 9.59 Å². The van der Waals surface area contributed by atoms with Crippen molar-refractivity contribution in [1.29, 1.82) is 0 Å². The fourth-order valence-corrected chi connectivity index (χ4v) is 0.671. The molecule has 4 N–H and O–H groups in total. The first-order valence-corrected chi connectivity index (χ1v) is 3.82. The zero-order valence-corrected chi connectivity index (χ0v) is 6.88.